The summed E-state index contributed by atoms with van der Waals surface area (Å²) < 4.78 is 5.18. The van der Waals surface area contributed by atoms with Crippen molar-refractivity contribution in [3.8, 4) is 0 Å². The van der Waals surface area contributed by atoms with E-state index in [1.807, 2.05) is 0 Å². The van der Waals surface area contributed by atoms with Crippen LogP contribution in [0.15, 0.2) is 18.2 Å². The molecule has 0 bridgehead atoms. The normalized spacial score (nSPS) is 15.5. The molecular formula is C12H14N2O4. The number of hydrogen-bond donors (Lipinski definition) is 0. The number of amides is 1. The number of benzene rings is 1. The number of hydrogen-bond acceptors (Lipinski definition) is 4. The first-order valence-corrected chi connectivity index (χ1v) is 5.71. The maximum atomic E-state index is 12.2. The largest absolute Gasteiger partial charge is 0.378 e. The first-order valence-electron chi connectivity index (χ1n) is 5.71. The highest BCUT2D eigenvalue weighted by atomic mass is 16.6. The zero-order chi connectivity index (χ0) is 13.1. The molecule has 1 saturated heterocycles. The number of morpholine rings is 1. The lowest BCUT2D eigenvalue weighted by Gasteiger charge is -2.27. The van der Waals surface area contributed by atoms with Crippen molar-refractivity contribution in [2.45, 2.75) is 6.92 Å². The van der Waals surface area contributed by atoms with Gasteiger partial charge < -0.3 is 9.64 Å². The smallest absolute Gasteiger partial charge is 0.270 e. The van der Waals surface area contributed by atoms with Crippen LogP contribution >= 0.6 is 0 Å². The molecular weight excluding hydrogens is 236 g/mol. The molecule has 0 aliphatic carbocycles. The van der Waals surface area contributed by atoms with Crippen LogP contribution < -0.4 is 0 Å². The fourth-order valence-electron chi connectivity index (χ4n) is 1.89. The van der Waals surface area contributed by atoms with E-state index in [0.717, 1.165) is 5.56 Å². The Morgan fingerprint density at radius 1 is 1.39 bits per heavy atom. The van der Waals surface area contributed by atoms with Crippen LogP contribution in [0.25, 0.3) is 0 Å². The Kier molecular flexibility index (Phi) is 3.57. The molecule has 6 nitrogen and oxygen atoms in total. The highest BCUT2D eigenvalue weighted by Crippen LogP contribution is 2.19. The number of nitro groups is 1. The predicted molar refractivity (Wildman–Crippen MR) is 64.6 cm³/mol. The highest BCUT2D eigenvalue weighted by molar-refractivity contribution is 5.96. The molecule has 96 valence electrons. The molecule has 1 aromatic rings. The minimum Gasteiger partial charge on any atom is -0.378 e. The van der Waals surface area contributed by atoms with Gasteiger partial charge in [-0.15, -0.1) is 0 Å². The lowest BCUT2D eigenvalue weighted by molar-refractivity contribution is -0.384. The van der Waals surface area contributed by atoms with E-state index in [4.69, 9.17) is 4.74 Å². The summed E-state index contributed by atoms with van der Waals surface area (Å²) in [6.07, 6.45) is 0. The topological polar surface area (TPSA) is 72.7 Å². The molecule has 1 aliphatic rings. The number of ether oxygens (including phenoxy) is 1. The van der Waals surface area contributed by atoms with Crippen molar-refractivity contribution in [2.75, 3.05) is 26.3 Å². The number of nitro benzene ring substituents is 1. The van der Waals surface area contributed by atoms with Crippen LogP contribution in [0.5, 0.6) is 0 Å². The van der Waals surface area contributed by atoms with Crippen LogP contribution in [0.2, 0.25) is 0 Å². The molecule has 1 aromatic carbocycles. The van der Waals surface area contributed by atoms with Crippen LogP contribution in [0, 0.1) is 17.0 Å². The molecule has 1 aliphatic heterocycles. The van der Waals surface area contributed by atoms with E-state index in [1.165, 1.54) is 12.1 Å². The van der Waals surface area contributed by atoms with Gasteiger partial charge in [-0.2, -0.15) is 0 Å². The van der Waals surface area contributed by atoms with E-state index >= 15 is 0 Å². The molecule has 6 heteroatoms. The monoisotopic (exact) mass is 250 g/mol. The van der Waals surface area contributed by atoms with Gasteiger partial charge in [-0.3, -0.25) is 14.9 Å². The maximum Gasteiger partial charge on any atom is 0.270 e. The molecule has 1 heterocycles. The van der Waals surface area contributed by atoms with Crippen molar-refractivity contribution >= 4 is 11.6 Å². The van der Waals surface area contributed by atoms with Gasteiger partial charge in [0.2, 0.25) is 0 Å². The van der Waals surface area contributed by atoms with Crippen LogP contribution in [0.4, 0.5) is 5.69 Å². The zero-order valence-electron chi connectivity index (χ0n) is 10.1. The lowest BCUT2D eigenvalue weighted by Crippen LogP contribution is -2.40. The number of rotatable bonds is 2. The second-order valence-corrected chi connectivity index (χ2v) is 4.16. The van der Waals surface area contributed by atoms with Crippen molar-refractivity contribution in [1.29, 1.82) is 0 Å². The van der Waals surface area contributed by atoms with Crippen molar-refractivity contribution in [1.82, 2.24) is 4.90 Å². The molecule has 0 N–H and O–H groups in total. The number of aryl methyl sites for hydroxylation is 1. The molecule has 18 heavy (non-hydrogen) atoms. The fraction of sp³-hybridized carbons (Fsp3) is 0.417. The number of nitrogens with zero attached hydrogens (tertiary/aromatic N) is 2. The number of carbonyl (C=O) groups is 1. The van der Waals surface area contributed by atoms with Crippen LogP contribution in [0.3, 0.4) is 0 Å². The van der Waals surface area contributed by atoms with Gasteiger partial charge in [0.15, 0.2) is 0 Å². The third-order valence-corrected chi connectivity index (χ3v) is 2.96. The van der Waals surface area contributed by atoms with Gasteiger partial charge in [-0.05, 0) is 12.5 Å². The molecule has 0 unspecified atom stereocenters. The summed E-state index contributed by atoms with van der Waals surface area (Å²) in [5.41, 5.74) is 1.08. The molecule has 0 spiro atoms. The van der Waals surface area contributed by atoms with Crippen LogP contribution in [-0.2, 0) is 4.74 Å². The standard InChI is InChI=1S/C12H14N2O4/c1-9-2-3-10(14(16)17)8-11(9)12(15)13-4-6-18-7-5-13/h2-3,8H,4-7H2,1H3. The van der Waals surface area contributed by atoms with E-state index < -0.39 is 4.92 Å². The van der Waals surface area contributed by atoms with E-state index in [9.17, 15) is 14.9 Å². The molecule has 2 rings (SSSR count). The van der Waals surface area contributed by atoms with Gasteiger partial charge in [0.1, 0.15) is 0 Å². The van der Waals surface area contributed by atoms with Crippen molar-refractivity contribution in [3.63, 3.8) is 0 Å². The molecule has 0 radical (unpaired) electrons. The average molecular weight is 250 g/mol. The number of carbonyl (C=O) groups excluding carboxylic acids is 1. The van der Waals surface area contributed by atoms with Crippen LogP contribution in [-0.4, -0.2) is 42.0 Å². The first kappa shape index (κ1) is 12.5. The molecule has 1 fully saturated rings. The van der Waals surface area contributed by atoms with Gasteiger partial charge in [0.25, 0.3) is 11.6 Å². The average Bonchev–Trinajstić information content (AvgIpc) is 2.39. The molecule has 0 aromatic heterocycles. The predicted octanol–water partition coefficient (Wildman–Crippen LogP) is 1.38. The second-order valence-electron chi connectivity index (χ2n) is 4.16. The van der Waals surface area contributed by atoms with Gasteiger partial charge in [-0.25, -0.2) is 0 Å². The zero-order valence-corrected chi connectivity index (χ0v) is 10.1. The molecule has 0 atom stereocenters. The Morgan fingerprint density at radius 2 is 2.06 bits per heavy atom. The molecule has 1 amide bonds. The third kappa shape index (κ3) is 2.48. The van der Waals surface area contributed by atoms with Gasteiger partial charge in [-0.1, -0.05) is 6.07 Å². The Bertz CT molecular complexity index is 481. The minimum atomic E-state index is -0.491. The third-order valence-electron chi connectivity index (χ3n) is 2.96. The summed E-state index contributed by atoms with van der Waals surface area (Å²) in [6.45, 7) is 3.86. The Hall–Kier alpha value is -1.95. The summed E-state index contributed by atoms with van der Waals surface area (Å²) in [4.78, 5) is 24.1. The van der Waals surface area contributed by atoms with Crippen molar-refractivity contribution in [3.05, 3.63) is 39.4 Å². The Labute approximate surface area is 104 Å². The SMILES string of the molecule is Cc1ccc([N+](=O)[O-])cc1C(=O)N1CCOCC1. The summed E-state index contributed by atoms with van der Waals surface area (Å²) in [6, 6.07) is 4.35. The summed E-state index contributed by atoms with van der Waals surface area (Å²) in [5.74, 6) is -0.167. The van der Waals surface area contributed by atoms with E-state index in [1.54, 1.807) is 17.9 Å². The van der Waals surface area contributed by atoms with E-state index in [2.05, 4.69) is 0 Å². The summed E-state index contributed by atoms with van der Waals surface area (Å²) >= 11 is 0. The lowest BCUT2D eigenvalue weighted by atomic mass is 10.1. The highest BCUT2D eigenvalue weighted by Gasteiger charge is 2.21. The minimum absolute atomic E-state index is 0.0581. The molecule has 0 saturated carbocycles. The fourth-order valence-corrected chi connectivity index (χ4v) is 1.89. The second kappa shape index (κ2) is 5.14. The maximum absolute atomic E-state index is 12.2. The summed E-state index contributed by atoms with van der Waals surface area (Å²) in [7, 11) is 0. The van der Waals surface area contributed by atoms with Crippen molar-refractivity contribution < 1.29 is 14.5 Å². The first-order chi connectivity index (χ1) is 8.59. The van der Waals surface area contributed by atoms with Gasteiger partial charge in [0.05, 0.1) is 18.1 Å². The Morgan fingerprint density at radius 3 is 2.67 bits per heavy atom. The van der Waals surface area contributed by atoms with Crippen LogP contribution in [0.1, 0.15) is 15.9 Å². The van der Waals surface area contributed by atoms with Gasteiger partial charge >= 0.3 is 0 Å². The van der Waals surface area contributed by atoms with E-state index in [0.29, 0.717) is 31.9 Å². The Balaban J connectivity index is 2.28. The quantitative estimate of drug-likeness (QED) is 0.587. The summed E-state index contributed by atoms with van der Waals surface area (Å²) in [5, 5.41) is 10.7. The number of non-ortho nitro benzene ring substituents is 1. The van der Waals surface area contributed by atoms with Crippen molar-refractivity contribution in [2.24, 2.45) is 0 Å². The van der Waals surface area contributed by atoms with E-state index in [-0.39, 0.29) is 11.6 Å². The van der Waals surface area contributed by atoms with Gasteiger partial charge in [0, 0.05) is 30.8 Å².